The molecule has 0 saturated heterocycles. The van der Waals surface area contributed by atoms with Gasteiger partial charge >= 0.3 is 6.09 Å². The number of nitrogens with zero attached hydrogens (tertiary/aromatic N) is 3. The van der Waals surface area contributed by atoms with Crippen molar-refractivity contribution in [2.24, 2.45) is 0 Å². The maximum Gasteiger partial charge on any atom is 0.407 e. The number of hydrogen-bond donors (Lipinski definition) is 1. The highest BCUT2D eigenvalue weighted by molar-refractivity contribution is 6.11. The van der Waals surface area contributed by atoms with Crippen molar-refractivity contribution in [3.05, 3.63) is 149 Å². The fourth-order valence-electron chi connectivity index (χ4n) is 6.16. The van der Waals surface area contributed by atoms with Gasteiger partial charge < -0.3 is 19.5 Å². The van der Waals surface area contributed by atoms with Gasteiger partial charge in [0.15, 0.2) is 0 Å². The summed E-state index contributed by atoms with van der Waals surface area (Å²) in [5.41, 5.74) is 5.58. The van der Waals surface area contributed by atoms with E-state index in [1.807, 2.05) is 146 Å². The van der Waals surface area contributed by atoms with Crippen molar-refractivity contribution in [1.29, 1.82) is 0 Å². The number of ether oxygens (including phenoxy) is 1. The molecule has 1 aromatic heterocycles. The van der Waals surface area contributed by atoms with Crippen LogP contribution >= 0.6 is 0 Å². The number of hydrogen-bond acceptors (Lipinski definition) is 4. The van der Waals surface area contributed by atoms with E-state index in [1.54, 1.807) is 11.1 Å². The monoisotopic (exact) mass is 640 g/mol. The molecule has 244 valence electrons. The summed E-state index contributed by atoms with van der Waals surface area (Å²) in [6, 6.07) is 36.2. The van der Waals surface area contributed by atoms with Crippen molar-refractivity contribution in [3.8, 4) is 5.69 Å². The first-order chi connectivity index (χ1) is 23.1. The third-order valence-corrected chi connectivity index (χ3v) is 8.38. The summed E-state index contributed by atoms with van der Waals surface area (Å²) in [5.74, 6) is -0.341. The van der Waals surface area contributed by atoms with Crippen molar-refractivity contribution in [2.45, 2.75) is 52.3 Å². The zero-order valence-electron chi connectivity index (χ0n) is 27.7. The zero-order chi connectivity index (χ0) is 33.8. The van der Waals surface area contributed by atoms with E-state index in [1.165, 1.54) is 0 Å². The van der Waals surface area contributed by atoms with Gasteiger partial charge in [-0.05, 0) is 87.7 Å². The highest BCUT2D eigenvalue weighted by Crippen LogP contribution is 2.30. The van der Waals surface area contributed by atoms with Gasteiger partial charge in [0.05, 0.1) is 22.9 Å². The molecule has 0 fully saturated rings. The molecule has 0 radical (unpaired) electrons. The maximum absolute atomic E-state index is 14.5. The van der Waals surface area contributed by atoms with Crippen LogP contribution in [-0.4, -0.2) is 45.6 Å². The summed E-state index contributed by atoms with van der Waals surface area (Å²) >= 11 is 0. The van der Waals surface area contributed by atoms with Crippen LogP contribution in [0.3, 0.4) is 0 Å². The Kier molecular flexibility index (Phi) is 9.17. The Bertz CT molecular complexity index is 1890. The lowest BCUT2D eigenvalue weighted by Crippen LogP contribution is -2.50. The Morgan fingerprint density at radius 2 is 1.40 bits per heavy atom. The van der Waals surface area contributed by atoms with Crippen LogP contribution < -0.4 is 10.2 Å². The molecule has 0 bridgehead atoms. The van der Waals surface area contributed by atoms with E-state index >= 15 is 0 Å². The van der Waals surface area contributed by atoms with Crippen LogP contribution in [0.2, 0.25) is 0 Å². The lowest BCUT2D eigenvalue weighted by Gasteiger charge is -2.37. The fourth-order valence-corrected chi connectivity index (χ4v) is 6.16. The largest absolute Gasteiger partial charge is 0.444 e. The van der Waals surface area contributed by atoms with Gasteiger partial charge in [-0.3, -0.25) is 14.5 Å². The number of alkyl carbamates (subject to hydrolysis) is 1. The summed E-state index contributed by atoms with van der Waals surface area (Å²) in [5, 5.41) is 2.88. The molecular formula is C40H40N4O4. The molecule has 0 saturated carbocycles. The van der Waals surface area contributed by atoms with Crippen molar-refractivity contribution >= 4 is 29.3 Å². The predicted octanol–water partition coefficient (Wildman–Crippen LogP) is 7.86. The third kappa shape index (κ3) is 7.03. The highest BCUT2D eigenvalue weighted by atomic mass is 16.6. The van der Waals surface area contributed by atoms with Gasteiger partial charge in [-0.2, -0.15) is 0 Å². The van der Waals surface area contributed by atoms with E-state index in [0.29, 0.717) is 29.8 Å². The van der Waals surface area contributed by atoms with E-state index in [4.69, 9.17) is 4.74 Å². The lowest BCUT2D eigenvalue weighted by molar-refractivity contribution is 0.0474. The molecule has 0 unspecified atom stereocenters. The average Bonchev–Trinajstić information content (AvgIpc) is 3.48. The molecule has 8 heteroatoms. The van der Waals surface area contributed by atoms with E-state index in [0.717, 1.165) is 28.2 Å². The van der Waals surface area contributed by atoms with Crippen LogP contribution in [0.15, 0.2) is 121 Å². The maximum atomic E-state index is 14.5. The van der Waals surface area contributed by atoms with Crippen LogP contribution in [0.1, 0.15) is 58.3 Å². The Morgan fingerprint density at radius 1 is 0.812 bits per heavy atom. The molecule has 48 heavy (non-hydrogen) atoms. The first-order valence-electron chi connectivity index (χ1n) is 16.2. The smallest absolute Gasteiger partial charge is 0.407 e. The van der Waals surface area contributed by atoms with E-state index in [9.17, 15) is 14.4 Å². The highest BCUT2D eigenvalue weighted by Gasteiger charge is 2.32. The van der Waals surface area contributed by atoms with E-state index in [-0.39, 0.29) is 24.4 Å². The zero-order valence-corrected chi connectivity index (χ0v) is 27.7. The number of para-hydroxylation sites is 3. The number of carbonyl (C=O) groups excluding carboxylic acids is 3. The van der Waals surface area contributed by atoms with Gasteiger partial charge in [0.25, 0.3) is 11.8 Å². The third-order valence-electron chi connectivity index (χ3n) is 8.38. The number of rotatable bonds is 7. The molecule has 4 aromatic carbocycles. The van der Waals surface area contributed by atoms with Crippen LogP contribution in [0, 0.1) is 6.92 Å². The normalized spacial score (nSPS) is 14.2. The topological polar surface area (TPSA) is 83.9 Å². The van der Waals surface area contributed by atoms with Crippen LogP contribution in [0.25, 0.3) is 5.69 Å². The molecular weight excluding hydrogens is 600 g/mol. The Hall–Kier alpha value is -5.63. The van der Waals surface area contributed by atoms with Crippen molar-refractivity contribution in [3.63, 3.8) is 0 Å². The number of anilines is 2. The second-order valence-corrected chi connectivity index (χ2v) is 13.0. The summed E-state index contributed by atoms with van der Waals surface area (Å²) in [6.07, 6.45) is 1.88. The number of fused-ring (bicyclic) bond motifs is 1. The summed E-state index contributed by atoms with van der Waals surface area (Å²) in [7, 11) is 0. The minimum atomic E-state index is -0.633. The first-order valence-corrected chi connectivity index (χ1v) is 16.2. The number of benzene rings is 4. The quantitative estimate of drug-likeness (QED) is 0.196. The molecule has 0 aliphatic carbocycles. The molecule has 1 aliphatic rings. The SMILES string of the molecule is Cc1cc(C(=O)N(c2ccccc2)c2ccccc2)cn1-c1ccccc1C(=O)N1Cc2ccccc2C[C@H]1CNC(=O)OC(C)(C)C. The number of aryl methyl sites for hydroxylation is 1. The molecule has 1 aliphatic heterocycles. The van der Waals surface area contributed by atoms with Gasteiger partial charge in [-0.25, -0.2) is 4.79 Å². The van der Waals surface area contributed by atoms with Crippen molar-refractivity contribution in [2.75, 3.05) is 11.4 Å². The van der Waals surface area contributed by atoms with Crippen LogP contribution in [-0.2, 0) is 17.7 Å². The van der Waals surface area contributed by atoms with Gasteiger partial charge in [0.2, 0.25) is 0 Å². The molecule has 6 rings (SSSR count). The minimum Gasteiger partial charge on any atom is -0.444 e. The minimum absolute atomic E-state index is 0.160. The molecule has 5 aromatic rings. The molecule has 1 atom stereocenters. The summed E-state index contributed by atoms with van der Waals surface area (Å²) in [4.78, 5) is 44.8. The second-order valence-electron chi connectivity index (χ2n) is 13.0. The van der Waals surface area contributed by atoms with Crippen molar-refractivity contribution in [1.82, 2.24) is 14.8 Å². The van der Waals surface area contributed by atoms with Gasteiger partial charge in [-0.15, -0.1) is 0 Å². The van der Waals surface area contributed by atoms with Gasteiger partial charge in [0.1, 0.15) is 5.60 Å². The number of carbonyl (C=O) groups is 3. The second kappa shape index (κ2) is 13.6. The molecule has 8 nitrogen and oxygen atoms in total. The van der Waals surface area contributed by atoms with Crippen molar-refractivity contribution < 1.29 is 19.1 Å². The van der Waals surface area contributed by atoms with Crippen LogP contribution in [0.5, 0.6) is 0 Å². The Balaban J connectivity index is 1.32. The number of aromatic nitrogens is 1. The van der Waals surface area contributed by atoms with E-state index < -0.39 is 11.7 Å². The van der Waals surface area contributed by atoms with Crippen LogP contribution in [0.4, 0.5) is 16.2 Å². The first kappa shape index (κ1) is 32.3. The van der Waals surface area contributed by atoms with Gasteiger partial charge in [0, 0.05) is 36.4 Å². The predicted molar refractivity (Wildman–Crippen MR) is 188 cm³/mol. The standard InChI is InChI=1S/C40H40N4O4/c1-28-23-31(37(45)44(32-17-7-5-8-18-32)33-19-9-6-10-20-33)27-42(28)36-22-14-13-21-35(36)38(46)43-26-30-16-12-11-15-29(30)24-34(43)25-41-39(47)48-40(2,3)4/h5-23,27,34H,24-26H2,1-4H3,(H,41,47)/t34-/m0/s1. The van der Waals surface area contributed by atoms with E-state index in [2.05, 4.69) is 11.4 Å². The van der Waals surface area contributed by atoms with Gasteiger partial charge in [-0.1, -0.05) is 72.8 Å². The summed E-state index contributed by atoms with van der Waals surface area (Å²) in [6.45, 7) is 8.03. The molecule has 1 N–H and O–H groups in total. The Morgan fingerprint density at radius 3 is 2.04 bits per heavy atom. The number of nitrogens with one attached hydrogen (secondary N) is 1. The summed E-state index contributed by atoms with van der Waals surface area (Å²) < 4.78 is 7.38. The average molecular weight is 641 g/mol. The number of amides is 3. The molecule has 0 spiro atoms. The lowest BCUT2D eigenvalue weighted by atomic mass is 9.93. The Labute approximate surface area is 281 Å². The molecule has 2 heterocycles. The molecule has 3 amide bonds. The fraction of sp³-hybridized carbons (Fsp3) is 0.225.